The molecule has 0 heterocycles. The smallest absolute Gasteiger partial charge is 0.248 e. The van der Waals surface area contributed by atoms with Crippen LogP contribution in [0, 0.1) is 5.92 Å². The molecule has 0 spiro atoms. The maximum absolute atomic E-state index is 12.6. The molecule has 0 aromatic carbocycles. The van der Waals surface area contributed by atoms with Gasteiger partial charge in [-0.05, 0) is 25.2 Å². The molecule has 0 aromatic heterocycles. The number of hydrogen-bond acceptors (Lipinski definition) is 1. The number of halogens is 2. The second kappa shape index (κ2) is 4.52. The molecule has 2 rings (SSSR count). The van der Waals surface area contributed by atoms with Gasteiger partial charge >= 0.3 is 0 Å². The largest absolute Gasteiger partial charge is 0.350 e. The standard InChI is InChI=1S/C12H17F2NO/c13-12(14)7-9(8-12)6-11(16)15-10-4-2-1-3-5-10/h2,4,9-10H,1,3,5-8H2,(H,15,16)/t10-/m0/s1. The zero-order valence-electron chi connectivity index (χ0n) is 9.22. The number of carbonyl (C=O) groups is 1. The molecule has 0 aliphatic heterocycles. The summed E-state index contributed by atoms with van der Waals surface area (Å²) in [5, 5.41) is 2.87. The fourth-order valence-corrected chi connectivity index (χ4v) is 2.39. The highest BCUT2D eigenvalue weighted by Gasteiger charge is 2.45. The zero-order chi connectivity index (χ0) is 11.6. The second-order valence-corrected chi connectivity index (χ2v) is 4.87. The van der Waals surface area contributed by atoms with Crippen LogP contribution in [0.1, 0.15) is 38.5 Å². The van der Waals surface area contributed by atoms with Gasteiger partial charge in [-0.2, -0.15) is 0 Å². The summed E-state index contributed by atoms with van der Waals surface area (Å²) >= 11 is 0. The van der Waals surface area contributed by atoms with Crippen molar-refractivity contribution < 1.29 is 13.6 Å². The van der Waals surface area contributed by atoms with Gasteiger partial charge in [0.05, 0.1) is 0 Å². The second-order valence-electron chi connectivity index (χ2n) is 4.87. The van der Waals surface area contributed by atoms with E-state index in [9.17, 15) is 13.6 Å². The third kappa shape index (κ3) is 3.03. The molecule has 0 saturated heterocycles. The first-order valence-electron chi connectivity index (χ1n) is 5.89. The zero-order valence-corrected chi connectivity index (χ0v) is 9.22. The van der Waals surface area contributed by atoms with E-state index in [1.807, 2.05) is 6.08 Å². The van der Waals surface area contributed by atoms with Gasteiger partial charge in [0.15, 0.2) is 0 Å². The Morgan fingerprint density at radius 1 is 1.44 bits per heavy atom. The molecule has 0 unspecified atom stereocenters. The molecule has 1 atom stereocenters. The lowest BCUT2D eigenvalue weighted by atomic mass is 9.79. The van der Waals surface area contributed by atoms with E-state index >= 15 is 0 Å². The van der Waals surface area contributed by atoms with Crippen LogP contribution in [0.25, 0.3) is 0 Å². The fourth-order valence-electron chi connectivity index (χ4n) is 2.39. The number of carbonyl (C=O) groups excluding carboxylic acids is 1. The molecule has 4 heteroatoms. The van der Waals surface area contributed by atoms with E-state index in [1.165, 1.54) is 0 Å². The van der Waals surface area contributed by atoms with Crippen molar-refractivity contribution in [2.75, 3.05) is 0 Å². The molecular weight excluding hydrogens is 212 g/mol. The molecule has 90 valence electrons. The average molecular weight is 229 g/mol. The summed E-state index contributed by atoms with van der Waals surface area (Å²) in [5.41, 5.74) is 0. The Bertz CT molecular complexity index is 293. The summed E-state index contributed by atoms with van der Waals surface area (Å²) in [5.74, 6) is -2.73. The van der Waals surface area contributed by atoms with Gasteiger partial charge in [0, 0.05) is 25.3 Å². The van der Waals surface area contributed by atoms with Crippen LogP contribution >= 0.6 is 0 Å². The molecule has 1 amide bonds. The highest BCUT2D eigenvalue weighted by molar-refractivity contribution is 5.76. The first kappa shape index (κ1) is 11.6. The number of rotatable bonds is 3. The van der Waals surface area contributed by atoms with Crippen LogP contribution in [0.5, 0.6) is 0 Å². The number of amides is 1. The van der Waals surface area contributed by atoms with Crippen molar-refractivity contribution in [3.8, 4) is 0 Å². The van der Waals surface area contributed by atoms with Crippen molar-refractivity contribution >= 4 is 5.91 Å². The molecule has 2 aliphatic rings. The quantitative estimate of drug-likeness (QED) is 0.740. The topological polar surface area (TPSA) is 29.1 Å². The summed E-state index contributed by atoms with van der Waals surface area (Å²) in [6.45, 7) is 0. The molecule has 1 N–H and O–H groups in total. The van der Waals surface area contributed by atoms with Gasteiger partial charge in [0.2, 0.25) is 11.8 Å². The fraction of sp³-hybridized carbons (Fsp3) is 0.750. The molecule has 0 bridgehead atoms. The summed E-state index contributed by atoms with van der Waals surface area (Å²) < 4.78 is 25.1. The lowest BCUT2D eigenvalue weighted by Crippen LogP contribution is -2.41. The van der Waals surface area contributed by atoms with Gasteiger partial charge < -0.3 is 5.32 Å². The lowest BCUT2D eigenvalue weighted by Gasteiger charge is -2.34. The van der Waals surface area contributed by atoms with Crippen LogP contribution in [0.4, 0.5) is 8.78 Å². The molecule has 2 aliphatic carbocycles. The van der Waals surface area contributed by atoms with Crippen molar-refractivity contribution in [2.45, 2.75) is 50.5 Å². The van der Waals surface area contributed by atoms with Crippen LogP contribution < -0.4 is 5.32 Å². The Balaban J connectivity index is 1.69. The van der Waals surface area contributed by atoms with Gasteiger partial charge in [-0.1, -0.05) is 12.2 Å². The molecule has 16 heavy (non-hydrogen) atoms. The van der Waals surface area contributed by atoms with E-state index in [1.54, 1.807) is 0 Å². The lowest BCUT2D eigenvalue weighted by molar-refractivity contribution is -0.134. The molecular formula is C12H17F2NO. The third-order valence-corrected chi connectivity index (χ3v) is 3.25. The Morgan fingerprint density at radius 3 is 2.75 bits per heavy atom. The predicted octanol–water partition coefficient (Wildman–Crippen LogP) is 2.65. The Morgan fingerprint density at radius 2 is 2.19 bits per heavy atom. The molecule has 0 radical (unpaired) electrons. The maximum Gasteiger partial charge on any atom is 0.248 e. The third-order valence-electron chi connectivity index (χ3n) is 3.25. The summed E-state index contributed by atoms with van der Waals surface area (Å²) in [6.07, 6.45) is 7.18. The number of alkyl halides is 2. The van der Waals surface area contributed by atoms with E-state index in [0.29, 0.717) is 0 Å². The van der Waals surface area contributed by atoms with Crippen molar-refractivity contribution in [3.63, 3.8) is 0 Å². The molecule has 2 nitrogen and oxygen atoms in total. The van der Waals surface area contributed by atoms with Crippen LogP contribution in [0.3, 0.4) is 0 Å². The highest BCUT2D eigenvalue weighted by atomic mass is 19.3. The van der Waals surface area contributed by atoms with Gasteiger partial charge in [0.25, 0.3) is 0 Å². The van der Waals surface area contributed by atoms with Crippen molar-refractivity contribution in [1.82, 2.24) is 5.32 Å². The normalized spacial score (nSPS) is 28.5. The molecule has 1 saturated carbocycles. The highest BCUT2D eigenvalue weighted by Crippen LogP contribution is 2.43. The van der Waals surface area contributed by atoms with Crippen LogP contribution in [-0.2, 0) is 4.79 Å². The average Bonchev–Trinajstić information content (AvgIpc) is 2.16. The van der Waals surface area contributed by atoms with E-state index in [4.69, 9.17) is 0 Å². The first-order chi connectivity index (χ1) is 7.55. The van der Waals surface area contributed by atoms with E-state index in [0.717, 1.165) is 19.3 Å². The first-order valence-corrected chi connectivity index (χ1v) is 5.89. The summed E-state index contributed by atoms with van der Waals surface area (Å²) in [6, 6.07) is 0.113. The molecule has 1 fully saturated rings. The minimum Gasteiger partial charge on any atom is -0.350 e. The molecule has 0 aromatic rings. The van der Waals surface area contributed by atoms with Crippen LogP contribution in [0.15, 0.2) is 12.2 Å². The summed E-state index contributed by atoms with van der Waals surface area (Å²) in [7, 11) is 0. The number of allylic oxidation sites excluding steroid dienone is 1. The van der Waals surface area contributed by atoms with Crippen molar-refractivity contribution in [1.29, 1.82) is 0 Å². The Kier molecular flexibility index (Phi) is 3.26. The monoisotopic (exact) mass is 229 g/mol. The van der Waals surface area contributed by atoms with E-state index in [-0.39, 0.29) is 37.1 Å². The van der Waals surface area contributed by atoms with Crippen LogP contribution in [-0.4, -0.2) is 17.9 Å². The van der Waals surface area contributed by atoms with Gasteiger partial charge in [-0.3, -0.25) is 4.79 Å². The number of hydrogen-bond donors (Lipinski definition) is 1. The minimum absolute atomic E-state index is 0.0861. The van der Waals surface area contributed by atoms with Crippen molar-refractivity contribution in [2.24, 2.45) is 5.92 Å². The predicted molar refractivity (Wildman–Crippen MR) is 57.2 cm³/mol. The van der Waals surface area contributed by atoms with Crippen LogP contribution in [0.2, 0.25) is 0 Å². The van der Waals surface area contributed by atoms with E-state index in [2.05, 4.69) is 11.4 Å². The van der Waals surface area contributed by atoms with Gasteiger partial charge in [-0.25, -0.2) is 8.78 Å². The SMILES string of the molecule is O=C(CC1CC(F)(F)C1)N[C@H]1C=CCCC1. The van der Waals surface area contributed by atoms with Gasteiger partial charge in [0.1, 0.15) is 0 Å². The van der Waals surface area contributed by atoms with Crippen molar-refractivity contribution in [3.05, 3.63) is 12.2 Å². The minimum atomic E-state index is -2.52. The maximum atomic E-state index is 12.6. The van der Waals surface area contributed by atoms with E-state index < -0.39 is 5.92 Å². The Hall–Kier alpha value is -0.930. The number of nitrogens with one attached hydrogen (secondary N) is 1. The van der Waals surface area contributed by atoms with Gasteiger partial charge in [-0.15, -0.1) is 0 Å². The summed E-state index contributed by atoms with van der Waals surface area (Å²) in [4.78, 5) is 11.5. The Labute approximate surface area is 94.1 Å².